The van der Waals surface area contributed by atoms with Crippen LogP contribution in [0, 0.1) is 14.9 Å². The van der Waals surface area contributed by atoms with Gasteiger partial charge in [-0.3, -0.25) is 10.1 Å². The number of ether oxygens (including phenoxy) is 1. The lowest BCUT2D eigenvalue weighted by atomic mass is 10.2. The number of aromatic amines is 1. The predicted molar refractivity (Wildman–Crippen MR) is 121 cm³/mol. The molecule has 2 aromatic carbocycles. The first-order valence-corrected chi connectivity index (χ1v) is 10.6. The van der Waals surface area contributed by atoms with E-state index in [2.05, 4.69) is 30.2 Å². The maximum atomic E-state index is 12.4. The van der Waals surface area contributed by atoms with Crippen molar-refractivity contribution in [2.45, 2.75) is 16.7 Å². The Labute approximate surface area is 199 Å². The van der Waals surface area contributed by atoms with Gasteiger partial charge in [0.2, 0.25) is 4.77 Å². The van der Waals surface area contributed by atoms with Crippen molar-refractivity contribution < 1.29 is 18.4 Å². The molecule has 0 atom stereocenters. The van der Waals surface area contributed by atoms with Gasteiger partial charge in [-0.05, 0) is 54.3 Å². The Balaban J connectivity index is 1.61. The smallest absolute Gasteiger partial charge is 0.387 e. The van der Waals surface area contributed by atoms with Crippen molar-refractivity contribution in [3.05, 3.63) is 69.2 Å². The van der Waals surface area contributed by atoms with Crippen LogP contribution >= 0.6 is 24.0 Å². The van der Waals surface area contributed by atoms with Gasteiger partial charge in [-0.15, -0.1) is 10.2 Å². The number of hydrogen-bond donors (Lipinski definition) is 1. The Kier molecular flexibility index (Phi) is 6.74. The molecule has 4 aromatic rings. The number of halogens is 2. The standard InChI is InChI=1S/C19H14F2N8O3S2/c1-27-10-22-26-19(27)34-15-7-2-11(8-14(15)29(30)31)9-23-28-16(24-25-18(28)33)12-3-5-13(6-4-12)32-17(20)21/h2-10,17H,1H3,(H,25,33)/b23-9+. The highest BCUT2D eigenvalue weighted by Gasteiger charge is 2.18. The maximum absolute atomic E-state index is 12.4. The number of aryl methyl sites for hydroxylation is 1. The van der Waals surface area contributed by atoms with Crippen LogP contribution in [-0.2, 0) is 7.05 Å². The molecule has 2 aromatic heterocycles. The molecule has 4 rings (SSSR count). The molecule has 0 amide bonds. The maximum Gasteiger partial charge on any atom is 0.387 e. The number of nitrogens with one attached hydrogen (secondary N) is 1. The lowest BCUT2D eigenvalue weighted by Crippen LogP contribution is -2.01. The van der Waals surface area contributed by atoms with Crippen molar-refractivity contribution in [1.82, 2.24) is 29.6 Å². The lowest BCUT2D eigenvalue weighted by molar-refractivity contribution is -0.387. The molecule has 15 heteroatoms. The van der Waals surface area contributed by atoms with E-state index in [1.165, 1.54) is 47.5 Å². The zero-order chi connectivity index (χ0) is 24.2. The Hall–Kier alpha value is -3.98. The molecule has 0 aliphatic rings. The van der Waals surface area contributed by atoms with E-state index in [4.69, 9.17) is 12.2 Å². The molecule has 0 fully saturated rings. The minimum absolute atomic E-state index is 0.00507. The molecule has 1 N–H and O–H groups in total. The van der Waals surface area contributed by atoms with Crippen molar-refractivity contribution in [3.63, 3.8) is 0 Å². The fourth-order valence-electron chi connectivity index (χ4n) is 2.80. The molecule has 0 radical (unpaired) electrons. The average Bonchev–Trinajstić information content (AvgIpc) is 3.38. The van der Waals surface area contributed by atoms with Crippen LogP contribution in [0.15, 0.2) is 63.9 Å². The second-order valence-electron chi connectivity index (χ2n) is 6.62. The van der Waals surface area contributed by atoms with Gasteiger partial charge in [0.25, 0.3) is 5.69 Å². The van der Waals surface area contributed by atoms with Crippen LogP contribution in [0.25, 0.3) is 11.4 Å². The summed E-state index contributed by atoms with van der Waals surface area (Å²) in [5.74, 6) is 0.309. The minimum Gasteiger partial charge on any atom is -0.435 e. The van der Waals surface area contributed by atoms with E-state index in [9.17, 15) is 18.9 Å². The second-order valence-corrected chi connectivity index (χ2v) is 8.02. The summed E-state index contributed by atoms with van der Waals surface area (Å²) in [5, 5.41) is 30.8. The molecule has 0 spiro atoms. The number of nitrogens with zero attached hydrogens (tertiary/aromatic N) is 7. The third kappa shape index (κ3) is 5.15. The summed E-state index contributed by atoms with van der Waals surface area (Å²) in [6.07, 6.45) is 2.90. The Morgan fingerprint density at radius 1 is 1.29 bits per heavy atom. The number of benzene rings is 2. The van der Waals surface area contributed by atoms with Crippen molar-refractivity contribution in [1.29, 1.82) is 0 Å². The van der Waals surface area contributed by atoms with E-state index >= 15 is 0 Å². The van der Waals surface area contributed by atoms with Crippen LogP contribution < -0.4 is 4.74 Å². The van der Waals surface area contributed by atoms with E-state index < -0.39 is 11.5 Å². The van der Waals surface area contributed by atoms with Gasteiger partial charge < -0.3 is 9.30 Å². The van der Waals surface area contributed by atoms with Crippen molar-refractivity contribution in [3.8, 4) is 17.1 Å². The number of hydrogen-bond acceptors (Lipinski definition) is 9. The summed E-state index contributed by atoms with van der Waals surface area (Å²) < 4.78 is 32.2. The summed E-state index contributed by atoms with van der Waals surface area (Å²) in [6, 6.07) is 10.4. The number of nitro groups is 1. The van der Waals surface area contributed by atoms with E-state index in [0.29, 0.717) is 27.0 Å². The fourth-order valence-corrected chi connectivity index (χ4v) is 3.83. The number of alkyl halides is 2. The first-order valence-electron chi connectivity index (χ1n) is 9.39. The molecular formula is C19H14F2N8O3S2. The summed E-state index contributed by atoms with van der Waals surface area (Å²) in [4.78, 5) is 11.5. The summed E-state index contributed by atoms with van der Waals surface area (Å²) >= 11 is 6.33. The molecule has 11 nitrogen and oxygen atoms in total. The van der Waals surface area contributed by atoms with Crippen LogP contribution in [-0.4, -0.2) is 47.4 Å². The van der Waals surface area contributed by atoms with Gasteiger partial charge in [0.05, 0.1) is 16.0 Å². The average molecular weight is 505 g/mol. The van der Waals surface area contributed by atoms with Crippen molar-refractivity contribution >= 4 is 35.9 Å². The molecule has 34 heavy (non-hydrogen) atoms. The highest BCUT2D eigenvalue weighted by molar-refractivity contribution is 7.99. The third-order valence-electron chi connectivity index (χ3n) is 4.36. The molecule has 0 unspecified atom stereocenters. The second kappa shape index (κ2) is 9.88. The molecule has 0 saturated carbocycles. The van der Waals surface area contributed by atoms with Crippen LogP contribution in [0.1, 0.15) is 5.56 Å². The monoisotopic (exact) mass is 504 g/mol. The van der Waals surface area contributed by atoms with Crippen molar-refractivity contribution in [2.24, 2.45) is 12.1 Å². The Morgan fingerprint density at radius 3 is 2.71 bits per heavy atom. The van der Waals surface area contributed by atoms with Gasteiger partial charge in [-0.1, -0.05) is 6.07 Å². The molecule has 0 bridgehead atoms. The largest absolute Gasteiger partial charge is 0.435 e. The van der Waals surface area contributed by atoms with Crippen LogP contribution in [0.2, 0.25) is 0 Å². The number of rotatable bonds is 8. The molecule has 0 saturated heterocycles. The number of aromatic nitrogens is 6. The summed E-state index contributed by atoms with van der Waals surface area (Å²) in [7, 11) is 1.74. The SMILES string of the molecule is Cn1cnnc1Sc1ccc(/C=N/n2c(-c3ccc(OC(F)F)cc3)n[nH]c2=S)cc1[N+](=O)[O-]. The first-order chi connectivity index (χ1) is 16.3. The van der Waals surface area contributed by atoms with E-state index in [1.54, 1.807) is 23.7 Å². The third-order valence-corrected chi connectivity index (χ3v) is 5.74. The zero-order valence-electron chi connectivity index (χ0n) is 17.2. The van der Waals surface area contributed by atoms with Gasteiger partial charge in [0.1, 0.15) is 12.1 Å². The van der Waals surface area contributed by atoms with Crippen LogP contribution in [0.5, 0.6) is 5.75 Å². The fraction of sp³-hybridized carbons (Fsp3) is 0.105. The predicted octanol–water partition coefficient (Wildman–Crippen LogP) is 4.28. The topological polar surface area (TPSA) is 129 Å². The Bertz CT molecular complexity index is 1420. The highest BCUT2D eigenvalue weighted by atomic mass is 32.2. The number of nitro benzene ring substituents is 1. The van der Waals surface area contributed by atoms with Crippen LogP contribution in [0.4, 0.5) is 14.5 Å². The summed E-state index contributed by atoms with van der Waals surface area (Å²) in [5.41, 5.74) is 0.860. The van der Waals surface area contributed by atoms with E-state index in [1.807, 2.05) is 0 Å². The lowest BCUT2D eigenvalue weighted by Gasteiger charge is -2.05. The normalized spacial score (nSPS) is 11.4. The first kappa shape index (κ1) is 23.2. The number of H-pyrrole nitrogens is 1. The molecule has 0 aliphatic heterocycles. The van der Waals surface area contributed by atoms with Gasteiger partial charge in [0, 0.05) is 24.2 Å². The van der Waals surface area contributed by atoms with E-state index in [0.717, 1.165) is 11.8 Å². The Morgan fingerprint density at radius 2 is 2.06 bits per heavy atom. The van der Waals surface area contributed by atoms with Crippen LogP contribution in [0.3, 0.4) is 0 Å². The van der Waals surface area contributed by atoms with Gasteiger partial charge in [0.15, 0.2) is 11.0 Å². The molecule has 0 aliphatic carbocycles. The highest BCUT2D eigenvalue weighted by Crippen LogP contribution is 2.34. The van der Waals surface area contributed by atoms with E-state index in [-0.39, 0.29) is 16.2 Å². The molecule has 2 heterocycles. The molecular weight excluding hydrogens is 490 g/mol. The van der Waals surface area contributed by atoms with Gasteiger partial charge in [-0.25, -0.2) is 5.10 Å². The van der Waals surface area contributed by atoms with Gasteiger partial charge >= 0.3 is 6.61 Å². The zero-order valence-corrected chi connectivity index (χ0v) is 18.8. The quantitative estimate of drug-likeness (QED) is 0.163. The summed E-state index contributed by atoms with van der Waals surface area (Å²) in [6.45, 7) is -2.93. The molecule has 174 valence electrons. The van der Waals surface area contributed by atoms with Gasteiger partial charge in [-0.2, -0.15) is 23.7 Å². The van der Waals surface area contributed by atoms with Crippen molar-refractivity contribution in [2.75, 3.05) is 0 Å². The minimum atomic E-state index is -2.93.